The molecule has 1 aromatic carbocycles. The number of hydrogen-bond donors (Lipinski definition) is 2. The Bertz CT molecular complexity index is 430. The molecule has 2 nitrogen and oxygen atoms in total. The Morgan fingerprint density at radius 1 is 1.62 bits per heavy atom. The van der Waals surface area contributed by atoms with Crippen molar-refractivity contribution in [3.05, 3.63) is 34.2 Å². The van der Waals surface area contributed by atoms with E-state index in [1.54, 1.807) is 0 Å². The van der Waals surface area contributed by atoms with E-state index in [9.17, 15) is 0 Å². The molecule has 0 heterocycles. The molecule has 1 aromatic rings. The van der Waals surface area contributed by atoms with Crippen LogP contribution in [0.4, 0.5) is 0 Å². The van der Waals surface area contributed by atoms with Crippen molar-refractivity contribution in [2.75, 3.05) is 0 Å². The molecule has 0 atom stereocenters. The van der Waals surface area contributed by atoms with Crippen molar-refractivity contribution in [3.8, 4) is 0 Å². The van der Waals surface area contributed by atoms with Gasteiger partial charge in [0.15, 0.2) is 0 Å². The van der Waals surface area contributed by atoms with Crippen LogP contribution in [0.5, 0.6) is 0 Å². The van der Waals surface area contributed by atoms with E-state index in [1.165, 1.54) is 12.4 Å². The predicted octanol–water partition coefficient (Wildman–Crippen LogP) is 0.112. The third kappa shape index (κ3) is 1.70. The van der Waals surface area contributed by atoms with E-state index in [1.807, 2.05) is 19.9 Å². The van der Waals surface area contributed by atoms with Crippen molar-refractivity contribution in [1.82, 2.24) is 0 Å². The minimum Gasteiger partial charge on any atom is -0.404 e. The molecule has 3 N–H and O–H groups in total. The zero-order chi connectivity index (χ0) is 9.84. The molecule has 0 saturated carbocycles. The van der Waals surface area contributed by atoms with E-state index in [0.717, 1.165) is 21.6 Å². The van der Waals surface area contributed by atoms with Gasteiger partial charge < -0.3 is 11.1 Å². The largest absolute Gasteiger partial charge is 0.404 e. The van der Waals surface area contributed by atoms with Crippen LogP contribution in [0.2, 0.25) is 0 Å². The lowest BCUT2D eigenvalue weighted by Crippen LogP contribution is -2.29. The first-order valence-corrected chi connectivity index (χ1v) is 4.03. The second kappa shape index (κ2) is 3.77. The van der Waals surface area contributed by atoms with Crippen molar-refractivity contribution >= 4 is 18.0 Å². The molecule has 1 rings (SSSR count). The summed E-state index contributed by atoms with van der Waals surface area (Å²) in [6.45, 7) is 3.86. The Hall–Kier alpha value is -1.75. The molecular weight excluding hydrogens is 160 g/mol. The lowest BCUT2D eigenvalue weighted by Gasteiger charge is -1.95. The Morgan fingerprint density at radius 2 is 2.31 bits per heavy atom. The first-order chi connectivity index (χ1) is 6.20. The van der Waals surface area contributed by atoms with Gasteiger partial charge in [0.05, 0.1) is 0 Å². The summed E-state index contributed by atoms with van der Waals surface area (Å²) >= 11 is 0. The van der Waals surface area contributed by atoms with Crippen LogP contribution in [0.1, 0.15) is 12.5 Å². The van der Waals surface area contributed by atoms with Gasteiger partial charge in [-0.2, -0.15) is 0 Å². The smallest absolute Gasteiger partial charge is 0.0481 e. The molecule has 0 aliphatic carbocycles. The highest BCUT2D eigenvalue weighted by Gasteiger charge is 1.92. The van der Waals surface area contributed by atoms with Gasteiger partial charge in [-0.3, -0.25) is 0 Å². The average Bonchev–Trinajstić information content (AvgIpc) is 2.16. The predicted molar refractivity (Wildman–Crippen MR) is 54.6 cm³/mol. The van der Waals surface area contributed by atoms with Crippen LogP contribution in [0.3, 0.4) is 0 Å². The highest BCUT2D eigenvalue weighted by Crippen LogP contribution is 1.85. The van der Waals surface area contributed by atoms with Crippen LogP contribution in [-0.4, -0.2) is 6.21 Å². The fourth-order valence-corrected chi connectivity index (χ4v) is 1.29. The van der Waals surface area contributed by atoms with Gasteiger partial charge in [0, 0.05) is 17.6 Å². The van der Waals surface area contributed by atoms with E-state index >= 15 is 0 Å². The Balaban J connectivity index is 3.80. The quantitative estimate of drug-likeness (QED) is 0.580. The number of nitrogens with two attached hydrogens (primary N) is 1. The summed E-state index contributed by atoms with van der Waals surface area (Å²) in [4.78, 5) is 0. The minimum atomic E-state index is 0.806. The molecule has 0 unspecified atom stereocenters. The first kappa shape index (κ1) is 9.34. The van der Waals surface area contributed by atoms with E-state index in [4.69, 9.17) is 11.1 Å². The molecule has 0 spiro atoms. The molecule has 0 aromatic heterocycles. The Morgan fingerprint density at radius 3 is 2.85 bits per heavy atom. The summed E-state index contributed by atoms with van der Waals surface area (Å²) < 4.78 is 0. The van der Waals surface area contributed by atoms with Crippen LogP contribution in [0.15, 0.2) is 6.07 Å². The standard InChI is InChI=1S/C11H12N2/c1-8-4-3-5-10(7-13)11(8)9(2)6-12/h4,6-7,12H,13H2,1-2H3/b10-7+,11-9-,12-6?. The average molecular weight is 172 g/mol. The molecule has 13 heavy (non-hydrogen) atoms. The third-order valence-electron chi connectivity index (χ3n) is 1.94. The lowest BCUT2D eigenvalue weighted by atomic mass is 10.1. The van der Waals surface area contributed by atoms with Gasteiger partial charge in [0.1, 0.15) is 0 Å². The number of hydrogen-bond acceptors (Lipinski definition) is 2. The molecule has 0 radical (unpaired) electrons. The van der Waals surface area contributed by atoms with E-state index in [-0.39, 0.29) is 0 Å². The summed E-state index contributed by atoms with van der Waals surface area (Å²) in [5.74, 6) is 0. The van der Waals surface area contributed by atoms with Gasteiger partial charge in [-0.05, 0) is 36.3 Å². The molecule has 66 valence electrons. The molecule has 0 bridgehead atoms. The van der Waals surface area contributed by atoms with Gasteiger partial charge in [0.25, 0.3) is 0 Å². The fourth-order valence-electron chi connectivity index (χ4n) is 1.29. The number of nitrogens with one attached hydrogen (secondary N) is 1. The van der Waals surface area contributed by atoms with Gasteiger partial charge in [-0.1, -0.05) is 12.1 Å². The molecule has 0 saturated heterocycles. The maximum absolute atomic E-state index is 7.17. The van der Waals surface area contributed by atoms with Gasteiger partial charge in [-0.25, -0.2) is 0 Å². The Labute approximate surface area is 77.9 Å². The maximum Gasteiger partial charge on any atom is 0.0481 e. The minimum absolute atomic E-state index is 0.806. The van der Waals surface area contributed by atoms with E-state index in [0.29, 0.717) is 0 Å². The summed E-state index contributed by atoms with van der Waals surface area (Å²) in [5.41, 5.74) is 7.40. The molecule has 0 fully saturated rings. The zero-order valence-electron chi connectivity index (χ0n) is 7.81. The van der Waals surface area contributed by atoms with Crippen molar-refractivity contribution in [3.63, 3.8) is 0 Å². The highest BCUT2D eigenvalue weighted by atomic mass is 14.5. The van der Waals surface area contributed by atoms with Crippen molar-refractivity contribution < 1.29 is 0 Å². The highest BCUT2D eigenvalue weighted by molar-refractivity contribution is 5.99. The lowest BCUT2D eigenvalue weighted by molar-refractivity contribution is 1.35. The van der Waals surface area contributed by atoms with Crippen molar-refractivity contribution in [2.24, 2.45) is 5.73 Å². The van der Waals surface area contributed by atoms with E-state index < -0.39 is 0 Å². The monoisotopic (exact) mass is 172 g/mol. The zero-order valence-corrected chi connectivity index (χ0v) is 7.81. The van der Waals surface area contributed by atoms with Crippen LogP contribution in [-0.2, 0) is 0 Å². The molecular formula is C11H12N2. The van der Waals surface area contributed by atoms with Gasteiger partial charge in [0.2, 0.25) is 0 Å². The molecule has 2 heteroatoms. The second-order valence-corrected chi connectivity index (χ2v) is 2.88. The van der Waals surface area contributed by atoms with Crippen LogP contribution in [0, 0.1) is 24.5 Å². The summed E-state index contributed by atoms with van der Waals surface area (Å²) in [5, 5.41) is 8.96. The third-order valence-corrected chi connectivity index (χ3v) is 1.94. The normalized spacial score (nSPS) is 13.5. The second-order valence-electron chi connectivity index (χ2n) is 2.88. The van der Waals surface area contributed by atoms with E-state index in [2.05, 4.69) is 12.1 Å². The van der Waals surface area contributed by atoms with Crippen molar-refractivity contribution in [2.45, 2.75) is 13.8 Å². The summed E-state index contributed by atoms with van der Waals surface area (Å²) in [6.07, 6.45) is 2.81. The number of rotatable bonds is 1. The van der Waals surface area contributed by atoms with Crippen LogP contribution in [0.25, 0.3) is 11.8 Å². The van der Waals surface area contributed by atoms with Gasteiger partial charge >= 0.3 is 0 Å². The first-order valence-electron chi connectivity index (χ1n) is 4.03. The Kier molecular flexibility index (Phi) is 2.71. The molecule has 0 amide bonds. The number of aryl methyl sites for hydroxylation is 1. The molecule has 0 aliphatic heterocycles. The fraction of sp³-hybridized carbons (Fsp3) is 0.182. The summed E-state index contributed by atoms with van der Waals surface area (Å²) in [7, 11) is 0. The SMILES string of the molecule is C/C(C=N)=c1\c(C)cc#c\c1=C/N. The van der Waals surface area contributed by atoms with Crippen LogP contribution >= 0.6 is 0 Å². The topological polar surface area (TPSA) is 49.9 Å². The van der Waals surface area contributed by atoms with Crippen molar-refractivity contribution in [1.29, 1.82) is 5.41 Å². The van der Waals surface area contributed by atoms with Crippen LogP contribution < -0.4 is 16.2 Å². The molecule has 0 aliphatic rings. The maximum atomic E-state index is 7.17. The summed E-state index contributed by atoms with van der Waals surface area (Å²) in [6, 6.07) is 7.63. The van der Waals surface area contributed by atoms with Gasteiger partial charge in [-0.15, -0.1) is 0 Å².